The molecule has 3 N–H and O–H groups in total. The molecule has 0 spiro atoms. The van der Waals surface area contributed by atoms with E-state index in [0.717, 1.165) is 0 Å². The van der Waals surface area contributed by atoms with Crippen molar-refractivity contribution in [1.29, 1.82) is 0 Å². The van der Waals surface area contributed by atoms with E-state index >= 15 is 0 Å². The first-order valence-corrected chi connectivity index (χ1v) is 4.30. The molecular formula is C8H17NO4. The lowest BCUT2D eigenvalue weighted by Crippen LogP contribution is -2.40. The number of ether oxygens (including phenoxy) is 1. The maximum absolute atomic E-state index is 11.0. The Morgan fingerprint density at radius 2 is 2.23 bits per heavy atom. The van der Waals surface area contributed by atoms with Crippen LogP contribution in [-0.4, -0.2) is 48.1 Å². The lowest BCUT2D eigenvalue weighted by molar-refractivity contribution is -0.145. The summed E-state index contributed by atoms with van der Waals surface area (Å²) in [5.41, 5.74) is 0. The molecule has 5 heteroatoms. The van der Waals surface area contributed by atoms with Gasteiger partial charge in [-0.1, -0.05) is 0 Å². The topological polar surface area (TPSA) is 78.8 Å². The van der Waals surface area contributed by atoms with Crippen molar-refractivity contribution in [2.45, 2.75) is 26.0 Å². The van der Waals surface area contributed by atoms with Gasteiger partial charge in [-0.15, -0.1) is 0 Å². The molecule has 0 saturated heterocycles. The first-order chi connectivity index (χ1) is 6.11. The van der Waals surface area contributed by atoms with Gasteiger partial charge in [0.15, 0.2) is 0 Å². The summed E-state index contributed by atoms with van der Waals surface area (Å²) in [5.74, 6) is -0.354. The number of aliphatic hydroxyl groups is 2. The van der Waals surface area contributed by atoms with Crippen LogP contribution < -0.4 is 5.32 Å². The summed E-state index contributed by atoms with van der Waals surface area (Å²) >= 11 is 0. The fourth-order valence-corrected chi connectivity index (χ4v) is 0.728. The van der Waals surface area contributed by atoms with Gasteiger partial charge in [0.05, 0.1) is 19.3 Å². The largest absolute Gasteiger partial charge is 0.465 e. The van der Waals surface area contributed by atoms with E-state index in [-0.39, 0.29) is 19.1 Å². The van der Waals surface area contributed by atoms with E-state index in [1.54, 1.807) is 13.8 Å². The highest BCUT2D eigenvalue weighted by Crippen LogP contribution is 1.88. The van der Waals surface area contributed by atoms with Gasteiger partial charge in [0.2, 0.25) is 0 Å². The quantitative estimate of drug-likeness (QED) is 0.463. The summed E-state index contributed by atoms with van der Waals surface area (Å²) in [4.78, 5) is 11.0. The molecule has 0 aliphatic heterocycles. The van der Waals surface area contributed by atoms with Crippen LogP contribution in [0.15, 0.2) is 0 Å². The van der Waals surface area contributed by atoms with Gasteiger partial charge in [-0.3, -0.25) is 4.79 Å². The summed E-state index contributed by atoms with van der Waals surface area (Å²) in [6, 6.07) is -0.457. The first kappa shape index (κ1) is 12.3. The number of nitrogens with one attached hydrogen (secondary N) is 1. The molecule has 5 nitrogen and oxygen atoms in total. The molecule has 0 aromatic carbocycles. The van der Waals surface area contributed by atoms with Crippen molar-refractivity contribution in [2.24, 2.45) is 0 Å². The van der Waals surface area contributed by atoms with Crippen molar-refractivity contribution in [3.8, 4) is 0 Å². The van der Waals surface area contributed by atoms with Crippen molar-refractivity contribution in [2.75, 3.05) is 19.8 Å². The molecule has 0 amide bonds. The van der Waals surface area contributed by atoms with Crippen molar-refractivity contribution in [1.82, 2.24) is 5.32 Å². The zero-order chi connectivity index (χ0) is 10.3. The fourth-order valence-electron chi connectivity index (χ4n) is 0.728. The predicted molar refractivity (Wildman–Crippen MR) is 47.2 cm³/mol. The average Bonchev–Trinajstić information content (AvgIpc) is 2.13. The third-order valence-electron chi connectivity index (χ3n) is 1.51. The first-order valence-electron chi connectivity index (χ1n) is 4.30. The SMILES string of the molecule is CCOC(=O)C(C)NCC(O)CO. The van der Waals surface area contributed by atoms with Crippen LogP contribution in [-0.2, 0) is 9.53 Å². The van der Waals surface area contributed by atoms with E-state index in [4.69, 9.17) is 14.9 Å². The van der Waals surface area contributed by atoms with E-state index < -0.39 is 12.1 Å². The Labute approximate surface area is 77.7 Å². The number of rotatable bonds is 6. The molecule has 2 atom stereocenters. The Balaban J connectivity index is 3.60. The number of carbonyl (C=O) groups is 1. The van der Waals surface area contributed by atoms with Crippen LogP contribution in [0.25, 0.3) is 0 Å². The van der Waals surface area contributed by atoms with E-state index in [1.165, 1.54) is 0 Å². The molecule has 0 aliphatic carbocycles. The molecule has 78 valence electrons. The Hall–Kier alpha value is -0.650. The lowest BCUT2D eigenvalue weighted by atomic mass is 10.3. The number of esters is 1. The number of carbonyl (C=O) groups excluding carboxylic acids is 1. The summed E-state index contributed by atoms with van der Waals surface area (Å²) in [7, 11) is 0. The number of aliphatic hydroxyl groups excluding tert-OH is 2. The maximum atomic E-state index is 11.0. The summed E-state index contributed by atoms with van der Waals surface area (Å²) in [5, 5.41) is 20.2. The summed E-state index contributed by atoms with van der Waals surface area (Å²) < 4.78 is 4.72. The molecule has 0 aromatic rings. The molecule has 2 unspecified atom stereocenters. The molecule has 0 fully saturated rings. The van der Waals surface area contributed by atoms with Crippen LogP contribution in [0.5, 0.6) is 0 Å². The fraction of sp³-hybridized carbons (Fsp3) is 0.875. The minimum absolute atomic E-state index is 0.177. The highest BCUT2D eigenvalue weighted by atomic mass is 16.5. The van der Waals surface area contributed by atoms with E-state index in [2.05, 4.69) is 5.32 Å². The molecule has 0 bridgehead atoms. The summed E-state index contributed by atoms with van der Waals surface area (Å²) in [6.07, 6.45) is -0.836. The van der Waals surface area contributed by atoms with Crippen molar-refractivity contribution >= 4 is 5.97 Å². The molecule has 0 saturated carbocycles. The Bertz CT molecular complexity index is 151. The van der Waals surface area contributed by atoms with Gasteiger partial charge in [0, 0.05) is 6.54 Å². The average molecular weight is 191 g/mol. The minimum Gasteiger partial charge on any atom is -0.465 e. The van der Waals surface area contributed by atoms with Gasteiger partial charge in [0.25, 0.3) is 0 Å². The normalized spacial score (nSPS) is 15.1. The van der Waals surface area contributed by atoms with E-state index in [1.807, 2.05) is 0 Å². The van der Waals surface area contributed by atoms with Gasteiger partial charge in [-0.2, -0.15) is 0 Å². The monoisotopic (exact) mass is 191 g/mol. The number of hydrogen-bond acceptors (Lipinski definition) is 5. The molecule has 0 aromatic heterocycles. The van der Waals surface area contributed by atoms with Crippen LogP contribution in [0.4, 0.5) is 0 Å². The number of hydrogen-bond donors (Lipinski definition) is 3. The van der Waals surface area contributed by atoms with Gasteiger partial charge >= 0.3 is 5.97 Å². The Kier molecular flexibility index (Phi) is 6.48. The van der Waals surface area contributed by atoms with Crippen molar-refractivity contribution in [3.63, 3.8) is 0 Å². The molecule has 0 heterocycles. The molecular weight excluding hydrogens is 174 g/mol. The third kappa shape index (κ3) is 5.57. The summed E-state index contributed by atoms with van der Waals surface area (Å²) in [6.45, 7) is 3.57. The Morgan fingerprint density at radius 3 is 2.69 bits per heavy atom. The second-order valence-electron chi connectivity index (χ2n) is 2.72. The second-order valence-corrected chi connectivity index (χ2v) is 2.72. The highest BCUT2D eigenvalue weighted by molar-refractivity contribution is 5.75. The molecule has 13 heavy (non-hydrogen) atoms. The standard InChI is InChI=1S/C8H17NO4/c1-3-13-8(12)6(2)9-4-7(11)5-10/h6-7,9-11H,3-5H2,1-2H3. The van der Waals surface area contributed by atoms with Crippen LogP contribution in [0, 0.1) is 0 Å². The van der Waals surface area contributed by atoms with Gasteiger partial charge in [0.1, 0.15) is 6.04 Å². The van der Waals surface area contributed by atoms with Crippen molar-refractivity contribution < 1.29 is 19.7 Å². The van der Waals surface area contributed by atoms with Crippen LogP contribution in [0.1, 0.15) is 13.8 Å². The van der Waals surface area contributed by atoms with Crippen LogP contribution in [0.2, 0.25) is 0 Å². The lowest BCUT2D eigenvalue weighted by Gasteiger charge is -2.14. The van der Waals surface area contributed by atoms with Gasteiger partial charge in [-0.05, 0) is 13.8 Å². The van der Waals surface area contributed by atoms with Crippen molar-refractivity contribution in [3.05, 3.63) is 0 Å². The van der Waals surface area contributed by atoms with E-state index in [0.29, 0.717) is 6.61 Å². The molecule has 0 aliphatic rings. The second kappa shape index (κ2) is 6.82. The molecule has 0 rings (SSSR count). The van der Waals surface area contributed by atoms with Crippen LogP contribution in [0.3, 0.4) is 0 Å². The highest BCUT2D eigenvalue weighted by Gasteiger charge is 2.14. The molecule has 0 radical (unpaired) electrons. The zero-order valence-corrected chi connectivity index (χ0v) is 7.99. The smallest absolute Gasteiger partial charge is 0.322 e. The maximum Gasteiger partial charge on any atom is 0.322 e. The van der Waals surface area contributed by atoms with Gasteiger partial charge in [-0.25, -0.2) is 0 Å². The predicted octanol–water partition coefficient (Wildman–Crippen LogP) is -1.12. The van der Waals surface area contributed by atoms with Gasteiger partial charge < -0.3 is 20.3 Å². The minimum atomic E-state index is -0.836. The Morgan fingerprint density at radius 1 is 1.62 bits per heavy atom. The van der Waals surface area contributed by atoms with Crippen LogP contribution >= 0.6 is 0 Å². The third-order valence-corrected chi connectivity index (χ3v) is 1.51. The zero-order valence-electron chi connectivity index (χ0n) is 7.99. The van der Waals surface area contributed by atoms with E-state index in [9.17, 15) is 4.79 Å².